The molecule has 0 fully saturated rings. The molecule has 0 aliphatic heterocycles. The van der Waals surface area contributed by atoms with Crippen LogP contribution in [0.2, 0.25) is 0 Å². The lowest BCUT2D eigenvalue weighted by Gasteiger charge is -2.15. The van der Waals surface area contributed by atoms with Crippen LogP contribution in [0.4, 0.5) is 17.5 Å². The number of nitrogens with zero attached hydrogens (tertiary/aromatic N) is 5. The van der Waals surface area contributed by atoms with Gasteiger partial charge in [-0.1, -0.05) is 12.1 Å². The molecule has 4 N–H and O–H groups in total. The second-order valence-electron chi connectivity index (χ2n) is 6.96. The standard InChI is InChI=1S/C22H22N8O4/c1-3-34-21(31)15-11-26-22(29-19(15)14-6-4-13(10-23)5-7-14)27-12-16(24)17-8-9-18(30(32)33)20(25-2)28-17/h4-9,11,16H,3,12,24H2,1-2H3,(H,25,28)(H,26,27,29). The third-order valence-electron chi connectivity index (χ3n) is 4.76. The van der Waals surface area contributed by atoms with Crippen LogP contribution in [0, 0.1) is 21.4 Å². The molecule has 0 spiro atoms. The van der Waals surface area contributed by atoms with Gasteiger partial charge < -0.3 is 21.1 Å². The highest BCUT2D eigenvalue weighted by atomic mass is 16.6. The SMILES string of the molecule is CCOC(=O)c1cnc(NCC(N)c2ccc([N+](=O)[O-])c(NC)n2)nc1-c1ccc(C#N)cc1. The molecule has 12 nitrogen and oxygen atoms in total. The fourth-order valence-electron chi connectivity index (χ4n) is 3.06. The number of nitrogens with one attached hydrogen (secondary N) is 2. The van der Waals surface area contributed by atoms with Crippen molar-refractivity contribution in [3.05, 3.63) is 69.5 Å². The van der Waals surface area contributed by atoms with E-state index in [2.05, 4.69) is 25.6 Å². The zero-order valence-corrected chi connectivity index (χ0v) is 18.5. The maximum absolute atomic E-state index is 12.4. The van der Waals surface area contributed by atoms with Crippen LogP contribution in [0.15, 0.2) is 42.6 Å². The topological polar surface area (TPSA) is 182 Å². The Morgan fingerprint density at radius 3 is 2.62 bits per heavy atom. The van der Waals surface area contributed by atoms with Crippen LogP contribution in [-0.4, -0.2) is 46.0 Å². The molecule has 1 unspecified atom stereocenters. The van der Waals surface area contributed by atoms with E-state index in [4.69, 9.17) is 15.7 Å². The van der Waals surface area contributed by atoms with E-state index in [1.807, 2.05) is 6.07 Å². The molecule has 3 rings (SSSR count). The predicted molar refractivity (Wildman–Crippen MR) is 124 cm³/mol. The summed E-state index contributed by atoms with van der Waals surface area (Å²) in [6.07, 6.45) is 1.36. The zero-order chi connectivity index (χ0) is 24.7. The molecule has 12 heteroatoms. The normalized spacial score (nSPS) is 11.2. The Bertz CT molecular complexity index is 1240. The number of esters is 1. The largest absolute Gasteiger partial charge is 0.462 e. The minimum Gasteiger partial charge on any atom is -0.462 e. The number of carbonyl (C=O) groups excluding carboxylic acids is 1. The second kappa shape index (κ2) is 10.8. The Hall–Kier alpha value is -4.63. The third-order valence-corrected chi connectivity index (χ3v) is 4.76. The molecule has 2 heterocycles. The van der Waals surface area contributed by atoms with Gasteiger partial charge in [-0.25, -0.2) is 19.7 Å². The van der Waals surface area contributed by atoms with Crippen molar-refractivity contribution in [1.82, 2.24) is 15.0 Å². The molecule has 0 amide bonds. The number of carbonyl (C=O) groups is 1. The fraction of sp³-hybridized carbons (Fsp3) is 0.227. The van der Waals surface area contributed by atoms with Crippen molar-refractivity contribution in [2.24, 2.45) is 5.73 Å². The van der Waals surface area contributed by atoms with Crippen molar-refractivity contribution in [2.45, 2.75) is 13.0 Å². The number of aromatic nitrogens is 3. The van der Waals surface area contributed by atoms with Gasteiger partial charge in [-0.05, 0) is 25.1 Å². The van der Waals surface area contributed by atoms with Gasteiger partial charge in [0.05, 0.1) is 40.6 Å². The first-order valence-corrected chi connectivity index (χ1v) is 10.2. The molecule has 1 aromatic carbocycles. The summed E-state index contributed by atoms with van der Waals surface area (Å²) in [5, 5.41) is 25.8. The van der Waals surface area contributed by atoms with Crippen molar-refractivity contribution >= 4 is 23.4 Å². The summed E-state index contributed by atoms with van der Waals surface area (Å²) in [4.78, 5) is 35.8. The summed E-state index contributed by atoms with van der Waals surface area (Å²) in [5.74, 6) is -0.255. The number of anilines is 2. The monoisotopic (exact) mass is 462 g/mol. The lowest BCUT2D eigenvalue weighted by atomic mass is 10.1. The molecule has 34 heavy (non-hydrogen) atoms. The van der Waals surface area contributed by atoms with Crippen LogP contribution in [0.3, 0.4) is 0 Å². The van der Waals surface area contributed by atoms with Gasteiger partial charge in [0.15, 0.2) is 0 Å². The number of nitriles is 1. The number of benzene rings is 1. The quantitative estimate of drug-likeness (QED) is 0.241. The minimum atomic E-state index is -0.625. The van der Waals surface area contributed by atoms with Crippen LogP contribution in [0.1, 0.15) is 34.6 Å². The molecule has 0 bridgehead atoms. The highest BCUT2D eigenvalue weighted by molar-refractivity contribution is 5.96. The van der Waals surface area contributed by atoms with E-state index in [1.54, 1.807) is 31.2 Å². The third kappa shape index (κ3) is 5.40. The summed E-state index contributed by atoms with van der Waals surface area (Å²) < 4.78 is 5.11. The summed E-state index contributed by atoms with van der Waals surface area (Å²) in [6.45, 7) is 2.06. The molecule has 174 valence electrons. The Kier molecular flexibility index (Phi) is 7.63. The number of rotatable bonds is 9. The van der Waals surface area contributed by atoms with E-state index in [1.165, 1.54) is 25.4 Å². The van der Waals surface area contributed by atoms with Crippen LogP contribution < -0.4 is 16.4 Å². The Labute approximate surface area is 195 Å². The van der Waals surface area contributed by atoms with Gasteiger partial charge in [-0.15, -0.1) is 0 Å². The van der Waals surface area contributed by atoms with E-state index in [0.29, 0.717) is 22.5 Å². The molecule has 0 aliphatic carbocycles. The molecule has 0 saturated carbocycles. The van der Waals surface area contributed by atoms with E-state index >= 15 is 0 Å². The summed E-state index contributed by atoms with van der Waals surface area (Å²) in [6, 6.07) is 10.8. The average molecular weight is 462 g/mol. The first-order valence-electron chi connectivity index (χ1n) is 10.2. The summed E-state index contributed by atoms with van der Waals surface area (Å²) in [7, 11) is 1.53. The van der Waals surface area contributed by atoms with Gasteiger partial charge in [0.1, 0.15) is 5.56 Å². The molecular weight excluding hydrogens is 440 g/mol. The predicted octanol–water partition coefficient (Wildman–Crippen LogP) is 2.65. The summed E-state index contributed by atoms with van der Waals surface area (Å²) >= 11 is 0. The van der Waals surface area contributed by atoms with Crippen LogP contribution in [0.25, 0.3) is 11.3 Å². The average Bonchev–Trinajstić information content (AvgIpc) is 2.86. The van der Waals surface area contributed by atoms with E-state index < -0.39 is 16.9 Å². The van der Waals surface area contributed by atoms with Crippen molar-refractivity contribution in [1.29, 1.82) is 5.26 Å². The number of ether oxygens (including phenoxy) is 1. The molecule has 2 aromatic heterocycles. The Balaban J connectivity index is 1.85. The minimum absolute atomic E-state index is 0.107. The van der Waals surface area contributed by atoms with Gasteiger partial charge in [0, 0.05) is 31.4 Å². The molecule has 1 atom stereocenters. The number of hydrogen-bond acceptors (Lipinski definition) is 11. The molecule has 3 aromatic rings. The molecule has 0 radical (unpaired) electrons. The van der Waals surface area contributed by atoms with Gasteiger partial charge >= 0.3 is 11.7 Å². The number of nitrogens with two attached hydrogens (primary N) is 1. The lowest BCUT2D eigenvalue weighted by Crippen LogP contribution is -2.23. The molecular formula is C22H22N8O4. The van der Waals surface area contributed by atoms with E-state index in [-0.39, 0.29) is 36.2 Å². The van der Waals surface area contributed by atoms with Crippen LogP contribution in [0.5, 0.6) is 0 Å². The summed E-state index contributed by atoms with van der Waals surface area (Å²) in [5.41, 5.74) is 8.07. The smallest absolute Gasteiger partial charge is 0.341 e. The fourth-order valence-corrected chi connectivity index (χ4v) is 3.06. The maximum Gasteiger partial charge on any atom is 0.341 e. The first-order chi connectivity index (χ1) is 16.4. The number of nitro groups is 1. The van der Waals surface area contributed by atoms with Gasteiger partial charge in [-0.2, -0.15) is 5.26 Å². The first kappa shape index (κ1) is 24.0. The number of hydrogen-bond donors (Lipinski definition) is 3. The molecule has 0 saturated heterocycles. The number of pyridine rings is 1. The lowest BCUT2D eigenvalue weighted by molar-refractivity contribution is -0.384. The van der Waals surface area contributed by atoms with Gasteiger partial charge in [0.2, 0.25) is 11.8 Å². The van der Waals surface area contributed by atoms with Crippen LogP contribution in [-0.2, 0) is 4.74 Å². The van der Waals surface area contributed by atoms with Gasteiger partial charge in [-0.3, -0.25) is 10.1 Å². The van der Waals surface area contributed by atoms with Crippen molar-refractivity contribution in [2.75, 3.05) is 30.8 Å². The van der Waals surface area contributed by atoms with Crippen molar-refractivity contribution in [3.8, 4) is 17.3 Å². The highest BCUT2D eigenvalue weighted by Crippen LogP contribution is 2.25. The van der Waals surface area contributed by atoms with Crippen molar-refractivity contribution < 1.29 is 14.5 Å². The highest BCUT2D eigenvalue weighted by Gasteiger charge is 2.20. The van der Waals surface area contributed by atoms with Crippen LogP contribution >= 0.6 is 0 Å². The van der Waals surface area contributed by atoms with Gasteiger partial charge in [0.25, 0.3) is 0 Å². The van der Waals surface area contributed by atoms with E-state index in [9.17, 15) is 14.9 Å². The van der Waals surface area contributed by atoms with Crippen molar-refractivity contribution in [3.63, 3.8) is 0 Å². The maximum atomic E-state index is 12.4. The molecule has 0 aliphatic rings. The van der Waals surface area contributed by atoms with E-state index in [0.717, 1.165) is 0 Å². The zero-order valence-electron chi connectivity index (χ0n) is 18.5. The Morgan fingerprint density at radius 1 is 1.26 bits per heavy atom. The second-order valence-corrected chi connectivity index (χ2v) is 6.96. The Morgan fingerprint density at radius 2 is 2.00 bits per heavy atom.